The van der Waals surface area contributed by atoms with Crippen molar-refractivity contribution in [3.05, 3.63) is 72.6 Å². The van der Waals surface area contributed by atoms with Crippen molar-refractivity contribution in [3.8, 4) is 22.6 Å². The molecule has 4 rings (SSSR count). The SMILES string of the molecule is Fc1ccc(-c2ccncc2)cc1-c1nc(C2=CCC=CC=N2)no1. The van der Waals surface area contributed by atoms with Crippen LogP contribution in [0.4, 0.5) is 4.39 Å². The monoisotopic (exact) mass is 332 g/mol. The van der Waals surface area contributed by atoms with Crippen molar-refractivity contribution in [2.24, 2.45) is 4.99 Å². The highest BCUT2D eigenvalue weighted by molar-refractivity contribution is 5.80. The van der Waals surface area contributed by atoms with Crippen molar-refractivity contribution in [1.29, 1.82) is 0 Å². The Hall–Kier alpha value is -3.41. The van der Waals surface area contributed by atoms with E-state index in [4.69, 9.17) is 4.52 Å². The van der Waals surface area contributed by atoms with E-state index in [0.29, 0.717) is 11.5 Å². The lowest BCUT2D eigenvalue weighted by molar-refractivity contribution is 0.425. The van der Waals surface area contributed by atoms with Gasteiger partial charge in [0, 0.05) is 18.6 Å². The number of hydrogen-bond acceptors (Lipinski definition) is 5. The van der Waals surface area contributed by atoms with Crippen LogP contribution in [0.25, 0.3) is 28.3 Å². The molecule has 3 heterocycles. The Labute approximate surface area is 143 Å². The van der Waals surface area contributed by atoms with E-state index >= 15 is 0 Å². The summed E-state index contributed by atoms with van der Waals surface area (Å²) in [5, 5.41) is 3.93. The summed E-state index contributed by atoms with van der Waals surface area (Å²) in [5.74, 6) is 0.0356. The number of allylic oxidation sites excluding steroid dienone is 3. The molecular weight excluding hydrogens is 319 g/mol. The number of pyridine rings is 1. The van der Waals surface area contributed by atoms with Crippen LogP contribution in [-0.4, -0.2) is 21.3 Å². The molecule has 0 spiro atoms. The van der Waals surface area contributed by atoms with Crippen molar-refractivity contribution in [2.45, 2.75) is 6.42 Å². The van der Waals surface area contributed by atoms with Crippen LogP contribution in [0.3, 0.4) is 0 Å². The summed E-state index contributed by atoms with van der Waals surface area (Å²) in [6.07, 6.45) is 11.5. The second kappa shape index (κ2) is 6.60. The molecule has 3 aromatic rings. The largest absolute Gasteiger partial charge is 0.333 e. The molecule has 25 heavy (non-hydrogen) atoms. The molecule has 0 aliphatic carbocycles. The normalized spacial score (nSPS) is 13.6. The molecule has 0 atom stereocenters. The van der Waals surface area contributed by atoms with Gasteiger partial charge in [0.25, 0.3) is 5.89 Å². The van der Waals surface area contributed by atoms with Gasteiger partial charge in [0.1, 0.15) is 11.5 Å². The maximum atomic E-state index is 14.3. The van der Waals surface area contributed by atoms with E-state index in [1.165, 1.54) is 6.07 Å². The zero-order chi connectivity index (χ0) is 17.1. The average Bonchev–Trinajstić information content (AvgIpc) is 2.98. The molecule has 0 radical (unpaired) electrons. The maximum absolute atomic E-state index is 14.3. The first-order valence-electron chi connectivity index (χ1n) is 7.75. The fourth-order valence-electron chi connectivity index (χ4n) is 2.49. The number of nitrogens with zero attached hydrogens (tertiary/aromatic N) is 4. The second-order valence-corrected chi connectivity index (χ2v) is 5.39. The highest BCUT2D eigenvalue weighted by Crippen LogP contribution is 2.28. The molecule has 0 saturated carbocycles. The molecule has 0 unspecified atom stereocenters. The molecule has 0 N–H and O–H groups in total. The minimum absolute atomic E-state index is 0.122. The summed E-state index contributed by atoms with van der Waals surface area (Å²) in [4.78, 5) is 12.5. The van der Waals surface area contributed by atoms with Gasteiger partial charge in [-0.1, -0.05) is 23.4 Å². The zero-order valence-electron chi connectivity index (χ0n) is 13.1. The van der Waals surface area contributed by atoms with E-state index < -0.39 is 5.82 Å². The average molecular weight is 332 g/mol. The van der Waals surface area contributed by atoms with Crippen molar-refractivity contribution in [1.82, 2.24) is 15.1 Å². The van der Waals surface area contributed by atoms with Gasteiger partial charge in [0.2, 0.25) is 5.82 Å². The minimum atomic E-state index is -0.423. The Bertz CT molecular complexity index is 990. The zero-order valence-corrected chi connectivity index (χ0v) is 13.1. The number of halogens is 1. The fourth-order valence-corrected chi connectivity index (χ4v) is 2.49. The molecule has 0 bridgehead atoms. The van der Waals surface area contributed by atoms with Gasteiger partial charge in [0.05, 0.1) is 5.56 Å². The van der Waals surface area contributed by atoms with Gasteiger partial charge in [0.15, 0.2) is 0 Å². The van der Waals surface area contributed by atoms with E-state index in [-0.39, 0.29) is 11.5 Å². The number of rotatable bonds is 3. The summed E-state index contributed by atoms with van der Waals surface area (Å²) in [7, 11) is 0. The van der Waals surface area contributed by atoms with Gasteiger partial charge in [-0.2, -0.15) is 4.98 Å². The molecule has 5 nitrogen and oxygen atoms in total. The van der Waals surface area contributed by atoms with E-state index in [1.807, 2.05) is 30.4 Å². The minimum Gasteiger partial charge on any atom is -0.333 e. The third-order valence-electron chi connectivity index (χ3n) is 3.75. The van der Waals surface area contributed by atoms with Crippen LogP contribution in [0, 0.1) is 5.82 Å². The molecule has 6 heteroatoms. The highest BCUT2D eigenvalue weighted by atomic mass is 19.1. The van der Waals surface area contributed by atoms with Crippen molar-refractivity contribution in [3.63, 3.8) is 0 Å². The molecule has 1 aliphatic rings. The van der Waals surface area contributed by atoms with E-state index in [1.54, 1.807) is 30.7 Å². The standard InChI is InChI=1S/C19H13FN4O/c20-16-6-5-14(13-7-10-21-11-8-13)12-15(16)19-23-18(24-25-19)17-4-2-1-3-9-22-17/h1,3-12H,2H2. The van der Waals surface area contributed by atoms with E-state index in [9.17, 15) is 4.39 Å². The van der Waals surface area contributed by atoms with Gasteiger partial charge >= 0.3 is 0 Å². The number of aromatic nitrogens is 3. The Morgan fingerprint density at radius 1 is 1.04 bits per heavy atom. The molecular formula is C19H13FN4O. The first-order chi connectivity index (χ1) is 12.3. The van der Waals surface area contributed by atoms with Crippen LogP contribution in [0.5, 0.6) is 0 Å². The molecule has 2 aromatic heterocycles. The molecule has 0 amide bonds. The third-order valence-corrected chi connectivity index (χ3v) is 3.75. The number of benzene rings is 1. The second-order valence-electron chi connectivity index (χ2n) is 5.39. The fraction of sp³-hybridized carbons (Fsp3) is 0.0526. The number of hydrogen-bond donors (Lipinski definition) is 0. The van der Waals surface area contributed by atoms with Crippen LogP contribution >= 0.6 is 0 Å². The summed E-state index contributed by atoms with van der Waals surface area (Å²) in [5.41, 5.74) is 2.63. The van der Waals surface area contributed by atoms with Crippen LogP contribution in [0.2, 0.25) is 0 Å². The van der Waals surface area contributed by atoms with Crippen molar-refractivity contribution < 1.29 is 8.91 Å². The summed E-state index contributed by atoms with van der Waals surface area (Å²) in [6.45, 7) is 0. The van der Waals surface area contributed by atoms with Crippen LogP contribution in [0.15, 0.2) is 70.5 Å². The third kappa shape index (κ3) is 3.14. The quantitative estimate of drug-likeness (QED) is 0.717. The predicted molar refractivity (Wildman–Crippen MR) is 93.1 cm³/mol. The lowest BCUT2D eigenvalue weighted by Gasteiger charge is -2.04. The van der Waals surface area contributed by atoms with Crippen molar-refractivity contribution >= 4 is 11.9 Å². The molecule has 1 aromatic carbocycles. The summed E-state index contributed by atoms with van der Waals surface area (Å²) >= 11 is 0. The van der Waals surface area contributed by atoms with Gasteiger partial charge in [-0.05, 0) is 47.9 Å². The summed E-state index contributed by atoms with van der Waals surface area (Å²) < 4.78 is 19.6. The Kier molecular flexibility index (Phi) is 4.00. The predicted octanol–water partition coefficient (Wildman–Crippen LogP) is 4.31. The lowest BCUT2D eigenvalue weighted by atomic mass is 10.0. The van der Waals surface area contributed by atoms with Crippen LogP contribution < -0.4 is 0 Å². The smallest absolute Gasteiger partial charge is 0.261 e. The summed E-state index contributed by atoms with van der Waals surface area (Å²) in [6, 6.07) is 8.49. The topological polar surface area (TPSA) is 64.2 Å². The molecule has 122 valence electrons. The molecule has 0 saturated heterocycles. The first-order valence-corrected chi connectivity index (χ1v) is 7.75. The Morgan fingerprint density at radius 2 is 1.92 bits per heavy atom. The van der Waals surface area contributed by atoms with Crippen LogP contribution in [0.1, 0.15) is 12.2 Å². The van der Waals surface area contributed by atoms with Crippen LogP contribution in [-0.2, 0) is 0 Å². The maximum Gasteiger partial charge on any atom is 0.261 e. The van der Waals surface area contributed by atoms with Gasteiger partial charge in [-0.25, -0.2) is 4.39 Å². The molecule has 0 fully saturated rings. The van der Waals surface area contributed by atoms with Gasteiger partial charge in [-0.3, -0.25) is 9.98 Å². The highest BCUT2D eigenvalue weighted by Gasteiger charge is 2.16. The first kappa shape index (κ1) is 15.1. The molecule has 1 aliphatic heterocycles. The lowest BCUT2D eigenvalue weighted by Crippen LogP contribution is -1.89. The number of aliphatic imine (C=N–C) groups is 1. The van der Waals surface area contributed by atoms with Crippen molar-refractivity contribution in [2.75, 3.05) is 0 Å². The van der Waals surface area contributed by atoms with Gasteiger partial charge < -0.3 is 4.52 Å². The Morgan fingerprint density at radius 3 is 2.80 bits per heavy atom. The van der Waals surface area contributed by atoms with E-state index in [0.717, 1.165) is 17.5 Å². The van der Waals surface area contributed by atoms with E-state index in [2.05, 4.69) is 20.1 Å². The van der Waals surface area contributed by atoms with Gasteiger partial charge in [-0.15, -0.1) is 0 Å². The Balaban J connectivity index is 1.72.